The van der Waals surface area contributed by atoms with Crippen LogP contribution in [0.4, 0.5) is 13.2 Å². The van der Waals surface area contributed by atoms with Gasteiger partial charge in [-0.1, -0.05) is 0 Å². The number of nitrogens with zero attached hydrogens (tertiary/aromatic N) is 2. The number of rotatable bonds is 8. The predicted molar refractivity (Wildman–Crippen MR) is 109 cm³/mol. The van der Waals surface area contributed by atoms with Gasteiger partial charge >= 0.3 is 6.18 Å². The molecule has 0 radical (unpaired) electrons. The molecule has 1 amide bonds. The van der Waals surface area contributed by atoms with Crippen molar-refractivity contribution in [3.8, 4) is 23.1 Å². The third-order valence-corrected chi connectivity index (χ3v) is 4.89. The minimum Gasteiger partial charge on any atom is -0.493 e. The van der Waals surface area contributed by atoms with Crippen LogP contribution < -0.4 is 14.8 Å². The highest BCUT2D eigenvalue weighted by atomic mass is 19.4. The van der Waals surface area contributed by atoms with Crippen LogP contribution in [0.25, 0.3) is 22.6 Å². The minimum atomic E-state index is -4.61. The van der Waals surface area contributed by atoms with Crippen molar-refractivity contribution in [2.45, 2.75) is 38.9 Å². The van der Waals surface area contributed by atoms with E-state index >= 15 is 0 Å². The minimum absolute atomic E-state index is 0.162. The Balaban J connectivity index is 1.57. The molecule has 0 spiro atoms. The van der Waals surface area contributed by atoms with Gasteiger partial charge in [-0.2, -0.15) is 13.2 Å². The Labute approximate surface area is 181 Å². The van der Waals surface area contributed by atoms with Crippen LogP contribution in [0.5, 0.6) is 11.6 Å². The number of hydrogen-bond donors (Lipinski definition) is 1. The monoisotopic (exact) mass is 449 g/mol. The number of benzene rings is 1. The van der Waals surface area contributed by atoms with E-state index in [2.05, 4.69) is 15.3 Å². The van der Waals surface area contributed by atoms with Crippen molar-refractivity contribution in [3.05, 3.63) is 36.0 Å². The third-order valence-electron chi connectivity index (χ3n) is 4.89. The average molecular weight is 449 g/mol. The quantitative estimate of drug-likeness (QED) is 0.541. The normalized spacial score (nSPS) is 14.9. The maximum Gasteiger partial charge on any atom is 0.417 e. The van der Waals surface area contributed by atoms with Crippen molar-refractivity contribution >= 4 is 17.0 Å². The van der Waals surface area contributed by atoms with Crippen molar-refractivity contribution in [2.24, 2.45) is 5.92 Å². The molecule has 10 heteroatoms. The van der Waals surface area contributed by atoms with Gasteiger partial charge in [-0.15, -0.1) is 0 Å². The summed E-state index contributed by atoms with van der Waals surface area (Å²) in [6.45, 7) is 3.75. The number of ether oxygens (including phenoxy) is 2. The first-order valence-corrected chi connectivity index (χ1v) is 10.2. The summed E-state index contributed by atoms with van der Waals surface area (Å²) in [5.74, 6) is 0.429. The molecule has 170 valence electrons. The van der Waals surface area contributed by atoms with E-state index in [1.54, 1.807) is 6.92 Å². The largest absolute Gasteiger partial charge is 0.493 e. The van der Waals surface area contributed by atoms with Crippen molar-refractivity contribution in [1.29, 1.82) is 0 Å². The highest BCUT2D eigenvalue weighted by Crippen LogP contribution is 2.40. The van der Waals surface area contributed by atoms with Crippen LogP contribution in [-0.2, 0) is 11.0 Å². The molecule has 1 fully saturated rings. The lowest BCUT2D eigenvalue weighted by molar-refractivity contribution is -0.137. The molecule has 1 saturated carbocycles. The molecule has 0 aliphatic heterocycles. The summed E-state index contributed by atoms with van der Waals surface area (Å²) in [5.41, 5.74) is -0.538. The van der Waals surface area contributed by atoms with Crippen LogP contribution in [0.3, 0.4) is 0 Å². The fraction of sp³-hybridized carbons (Fsp3) is 0.409. The van der Waals surface area contributed by atoms with Crippen LogP contribution in [0.1, 0.15) is 32.3 Å². The van der Waals surface area contributed by atoms with E-state index < -0.39 is 11.7 Å². The predicted octanol–water partition coefficient (Wildman–Crippen LogP) is 4.60. The van der Waals surface area contributed by atoms with Gasteiger partial charge < -0.3 is 19.2 Å². The second-order valence-corrected chi connectivity index (χ2v) is 7.88. The Morgan fingerprint density at radius 2 is 2.06 bits per heavy atom. The van der Waals surface area contributed by atoms with E-state index in [-0.39, 0.29) is 47.2 Å². The molecule has 1 aliphatic rings. The van der Waals surface area contributed by atoms with Gasteiger partial charge in [-0.25, -0.2) is 9.97 Å². The lowest BCUT2D eigenvalue weighted by Crippen LogP contribution is -2.35. The van der Waals surface area contributed by atoms with Crippen LogP contribution in [0.2, 0.25) is 0 Å². The number of alkyl halides is 3. The molecular weight excluding hydrogens is 427 g/mol. The number of halogens is 3. The third kappa shape index (κ3) is 5.30. The van der Waals surface area contributed by atoms with Crippen LogP contribution in [0, 0.1) is 5.92 Å². The number of hydrogen-bond acceptors (Lipinski definition) is 6. The summed E-state index contributed by atoms with van der Waals surface area (Å²) in [7, 11) is 0. The van der Waals surface area contributed by atoms with Gasteiger partial charge in [0, 0.05) is 18.6 Å². The standard InChI is InChI=1S/C22H22F3N3O4/c1-12(27-13(2)29)10-31-20-8-19-18(9-26-20)28-21(32-19)16-6-5-15(30-11-14-3-4-14)7-17(16)22(23,24)25/h5-9,12,14H,3-4,10-11H2,1-2H3,(H,27,29)/t12-/m0/s1. The summed E-state index contributed by atoms with van der Waals surface area (Å²) in [5, 5.41) is 2.67. The number of carbonyl (C=O) groups is 1. The molecule has 0 unspecified atom stereocenters. The van der Waals surface area contributed by atoms with E-state index in [0.29, 0.717) is 18.0 Å². The molecule has 3 aromatic rings. The fourth-order valence-corrected chi connectivity index (χ4v) is 3.14. The van der Waals surface area contributed by atoms with Crippen LogP contribution in [-0.4, -0.2) is 35.1 Å². The van der Waals surface area contributed by atoms with Gasteiger partial charge in [-0.05, 0) is 43.9 Å². The van der Waals surface area contributed by atoms with Crippen molar-refractivity contribution < 1.29 is 31.9 Å². The second-order valence-electron chi connectivity index (χ2n) is 7.88. The Kier molecular flexibility index (Phi) is 5.94. The molecular formula is C22H22F3N3O4. The summed E-state index contributed by atoms with van der Waals surface area (Å²) >= 11 is 0. The molecule has 0 bridgehead atoms. The van der Waals surface area contributed by atoms with Crippen molar-refractivity contribution in [3.63, 3.8) is 0 Å². The van der Waals surface area contributed by atoms with Gasteiger partial charge in [0.05, 0.1) is 24.4 Å². The summed E-state index contributed by atoms with van der Waals surface area (Å²) in [6, 6.07) is 4.97. The van der Waals surface area contributed by atoms with Crippen molar-refractivity contribution in [2.75, 3.05) is 13.2 Å². The van der Waals surface area contributed by atoms with Gasteiger partial charge in [0.15, 0.2) is 5.58 Å². The molecule has 7 nitrogen and oxygen atoms in total. The number of amides is 1. The first-order chi connectivity index (χ1) is 15.2. The molecule has 1 N–H and O–H groups in total. The number of oxazole rings is 1. The van der Waals surface area contributed by atoms with Crippen LogP contribution in [0.15, 0.2) is 34.9 Å². The number of nitrogens with one attached hydrogen (secondary N) is 1. The van der Waals surface area contributed by atoms with E-state index in [9.17, 15) is 18.0 Å². The zero-order valence-electron chi connectivity index (χ0n) is 17.5. The van der Waals surface area contributed by atoms with E-state index in [4.69, 9.17) is 13.9 Å². The van der Waals surface area contributed by atoms with Gasteiger partial charge in [0.1, 0.15) is 17.9 Å². The molecule has 32 heavy (non-hydrogen) atoms. The van der Waals surface area contributed by atoms with Crippen molar-refractivity contribution in [1.82, 2.24) is 15.3 Å². The smallest absolute Gasteiger partial charge is 0.417 e. The van der Waals surface area contributed by atoms with E-state index in [1.165, 1.54) is 31.3 Å². The molecule has 1 atom stereocenters. The highest BCUT2D eigenvalue weighted by Gasteiger charge is 2.36. The second kappa shape index (κ2) is 8.68. The Morgan fingerprint density at radius 1 is 1.28 bits per heavy atom. The first kappa shape index (κ1) is 21.9. The molecule has 4 rings (SSSR count). The maximum atomic E-state index is 13.7. The lowest BCUT2D eigenvalue weighted by Gasteiger charge is -2.13. The molecule has 0 saturated heterocycles. The van der Waals surface area contributed by atoms with Crippen LogP contribution >= 0.6 is 0 Å². The zero-order chi connectivity index (χ0) is 22.9. The fourth-order valence-electron chi connectivity index (χ4n) is 3.14. The number of aromatic nitrogens is 2. The van der Waals surface area contributed by atoms with Gasteiger partial charge in [0.25, 0.3) is 0 Å². The number of pyridine rings is 1. The summed E-state index contributed by atoms with van der Waals surface area (Å²) in [6.07, 6.45) is -1.17. The lowest BCUT2D eigenvalue weighted by atomic mass is 10.1. The Bertz CT molecular complexity index is 1130. The summed E-state index contributed by atoms with van der Waals surface area (Å²) < 4.78 is 57.8. The summed E-state index contributed by atoms with van der Waals surface area (Å²) in [4.78, 5) is 19.3. The first-order valence-electron chi connectivity index (χ1n) is 10.2. The Morgan fingerprint density at radius 3 is 2.75 bits per heavy atom. The Hall–Kier alpha value is -3.30. The highest BCUT2D eigenvalue weighted by molar-refractivity contribution is 5.77. The van der Waals surface area contributed by atoms with E-state index in [1.807, 2.05) is 0 Å². The van der Waals surface area contributed by atoms with Gasteiger partial charge in [-0.3, -0.25) is 4.79 Å². The maximum absolute atomic E-state index is 13.7. The topological polar surface area (TPSA) is 86.5 Å². The molecule has 1 aliphatic carbocycles. The number of carbonyl (C=O) groups excluding carboxylic acids is 1. The number of fused-ring (bicyclic) bond motifs is 1. The van der Waals surface area contributed by atoms with Gasteiger partial charge in [0.2, 0.25) is 17.7 Å². The molecule has 2 heterocycles. The van der Waals surface area contributed by atoms with E-state index in [0.717, 1.165) is 18.9 Å². The zero-order valence-corrected chi connectivity index (χ0v) is 17.5. The molecule has 2 aromatic heterocycles. The molecule has 1 aromatic carbocycles. The average Bonchev–Trinajstić information content (AvgIpc) is 3.46. The SMILES string of the molecule is CC(=O)N[C@@H](C)COc1cc2oc(-c3ccc(OCC4CC4)cc3C(F)(F)F)nc2cn1.